The van der Waals surface area contributed by atoms with Gasteiger partial charge >= 0.3 is 0 Å². The molecule has 1 aliphatic rings. The van der Waals surface area contributed by atoms with Crippen molar-refractivity contribution in [2.75, 3.05) is 13.1 Å². The Labute approximate surface area is 181 Å². The minimum absolute atomic E-state index is 0.308. The Bertz CT molecular complexity index is 926. The van der Waals surface area contributed by atoms with Crippen LogP contribution in [0, 0.1) is 0 Å². The van der Waals surface area contributed by atoms with Gasteiger partial charge in [0.1, 0.15) is 5.84 Å². The minimum atomic E-state index is 0.308. The number of aliphatic imine (C=N–C) groups is 1. The zero-order chi connectivity index (χ0) is 21.8. The average Bonchev–Trinajstić information content (AvgIpc) is 3.43. The molecule has 0 spiro atoms. The number of allylic oxidation sites excluding steroid dienone is 2. The second-order valence-electron chi connectivity index (χ2n) is 7.31. The summed E-state index contributed by atoms with van der Waals surface area (Å²) in [4.78, 5) is 4.65. The zero-order valence-electron chi connectivity index (χ0n) is 19.1. The fraction of sp³-hybridized carbons (Fsp3) is 0.423. The highest BCUT2D eigenvalue weighted by Crippen LogP contribution is 2.08. The number of hydrogen-bond acceptors (Lipinski definition) is 2. The van der Waals surface area contributed by atoms with Crippen molar-refractivity contribution in [2.45, 2.75) is 59.5 Å². The second kappa shape index (κ2) is 12.9. The average molecular weight is 407 g/mol. The Hall–Kier alpha value is -2.59. The summed E-state index contributed by atoms with van der Waals surface area (Å²) in [5.74, 6) is 0.638. The maximum absolute atomic E-state index is 6.20. The monoisotopic (exact) mass is 406 g/mol. The molecule has 1 aliphatic heterocycles. The fourth-order valence-electron chi connectivity index (χ4n) is 3.50. The van der Waals surface area contributed by atoms with Crippen LogP contribution in [-0.4, -0.2) is 29.5 Å². The Balaban J connectivity index is 0.00000155. The standard InChI is InChI=1S/C24H32N4.C2H6/c1-3-5-6-7-8-23-20(4-2)14-16-28(23)18-19-9-11-21(12-10-19)24(25)27-22-13-15-26-17-22;1-2/h4,6-12,14,16,22,26H,3,5,13,15,17-18H2,1-2H3,(H2,25,27);1-2H3/b7-6-,20-4-,23-8+;. The van der Waals surface area contributed by atoms with Crippen LogP contribution in [0.3, 0.4) is 0 Å². The van der Waals surface area contributed by atoms with E-state index in [1.807, 2.05) is 13.8 Å². The third-order valence-corrected chi connectivity index (χ3v) is 5.15. The highest BCUT2D eigenvalue weighted by molar-refractivity contribution is 5.97. The lowest BCUT2D eigenvalue weighted by Crippen LogP contribution is -2.28. The number of nitrogens with two attached hydrogens (primary N) is 1. The lowest BCUT2D eigenvalue weighted by atomic mass is 10.1. The molecule has 2 heterocycles. The summed E-state index contributed by atoms with van der Waals surface area (Å²) in [5, 5.41) is 5.83. The number of benzene rings is 1. The fourth-order valence-corrected chi connectivity index (χ4v) is 3.50. The first-order chi connectivity index (χ1) is 14.7. The first kappa shape index (κ1) is 23.7. The molecule has 0 bridgehead atoms. The van der Waals surface area contributed by atoms with Crippen LogP contribution in [0.5, 0.6) is 0 Å². The van der Waals surface area contributed by atoms with Gasteiger partial charge in [0.05, 0.1) is 6.04 Å². The highest BCUT2D eigenvalue weighted by atomic mass is 15.0. The first-order valence-electron chi connectivity index (χ1n) is 11.3. The van der Waals surface area contributed by atoms with E-state index in [1.165, 1.54) is 22.6 Å². The van der Waals surface area contributed by atoms with Crippen molar-refractivity contribution in [3.8, 4) is 0 Å². The van der Waals surface area contributed by atoms with Crippen LogP contribution >= 0.6 is 0 Å². The molecule has 3 N–H and O–H groups in total. The van der Waals surface area contributed by atoms with Crippen LogP contribution in [0.15, 0.2) is 53.7 Å². The zero-order valence-corrected chi connectivity index (χ0v) is 19.1. The van der Waals surface area contributed by atoms with Gasteiger partial charge in [-0.15, -0.1) is 0 Å². The van der Waals surface area contributed by atoms with Gasteiger partial charge in [-0.3, -0.25) is 4.99 Å². The van der Waals surface area contributed by atoms with E-state index in [9.17, 15) is 0 Å². The van der Waals surface area contributed by atoms with Crippen LogP contribution in [-0.2, 0) is 6.54 Å². The van der Waals surface area contributed by atoms with Crippen molar-refractivity contribution in [1.82, 2.24) is 9.88 Å². The van der Waals surface area contributed by atoms with Gasteiger partial charge < -0.3 is 15.6 Å². The minimum Gasteiger partial charge on any atom is -0.383 e. The maximum atomic E-state index is 6.20. The summed E-state index contributed by atoms with van der Waals surface area (Å²) < 4.78 is 2.29. The van der Waals surface area contributed by atoms with Gasteiger partial charge in [-0.1, -0.05) is 69.7 Å². The van der Waals surface area contributed by atoms with E-state index in [0.717, 1.165) is 38.0 Å². The molecule has 1 saturated heterocycles. The third-order valence-electron chi connectivity index (χ3n) is 5.15. The highest BCUT2D eigenvalue weighted by Gasteiger charge is 2.13. The molecule has 1 aromatic heterocycles. The molecule has 0 aliphatic carbocycles. The number of amidine groups is 1. The van der Waals surface area contributed by atoms with Crippen molar-refractivity contribution >= 4 is 18.0 Å². The summed E-state index contributed by atoms with van der Waals surface area (Å²) in [6.45, 7) is 11.1. The summed E-state index contributed by atoms with van der Waals surface area (Å²) in [5.41, 5.74) is 8.46. The van der Waals surface area contributed by atoms with Crippen LogP contribution in [0.2, 0.25) is 0 Å². The SMILES string of the molecule is C/C=c1/ccn(Cc2ccc(C(N)=NC3CCNC3)cc2)/c1=C/C=C\CCC.CC. The van der Waals surface area contributed by atoms with Gasteiger partial charge in [-0.05, 0) is 49.2 Å². The van der Waals surface area contributed by atoms with E-state index < -0.39 is 0 Å². The molecule has 4 heteroatoms. The molecule has 2 aromatic rings. The molecular formula is C26H38N4. The molecule has 1 unspecified atom stereocenters. The molecule has 1 atom stereocenters. The van der Waals surface area contributed by atoms with Gasteiger partial charge in [0.15, 0.2) is 0 Å². The molecule has 30 heavy (non-hydrogen) atoms. The summed E-state index contributed by atoms with van der Waals surface area (Å²) in [7, 11) is 0. The quantitative estimate of drug-likeness (QED) is 0.546. The second-order valence-corrected chi connectivity index (χ2v) is 7.31. The van der Waals surface area contributed by atoms with Gasteiger partial charge in [-0.2, -0.15) is 0 Å². The molecule has 0 amide bonds. The number of rotatable bonds is 7. The smallest absolute Gasteiger partial charge is 0.125 e. The first-order valence-corrected chi connectivity index (χ1v) is 11.3. The molecule has 1 aromatic carbocycles. The molecule has 3 rings (SSSR count). The lowest BCUT2D eigenvalue weighted by Gasteiger charge is -2.08. The Morgan fingerprint density at radius 1 is 1.23 bits per heavy atom. The van der Waals surface area contributed by atoms with Gasteiger partial charge in [-0.25, -0.2) is 0 Å². The molecule has 4 nitrogen and oxygen atoms in total. The maximum Gasteiger partial charge on any atom is 0.125 e. The predicted octanol–water partition coefficient (Wildman–Crippen LogP) is 3.57. The van der Waals surface area contributed by atoms with Crippen molar-refractivity contribution in [3.63, 3.8) is 0 Å². The van der Waals surface area contributed by atoms with Crippen molar-refractivity contribution < 1.29 is 0 Å². The van der Waals surface area contributed by atoms with Crippen molar-refractivity contribution in [1.29, 1.82) is 0 Å². The molecule has 1 fully saturated rings. The van der Waals surface area contributed by atoms with E-state index >= 15 is 0 Å². The lowest BCUT2D eigenvalue weighted by molar-refractivity contribution is 0.743. The van der Waals surface area contributed by atoms with Crippen LogP contribution in [0.1, 0.15) is 58.1 Å². The topological polar surface area (TPSA) is 55.3 Å². The van der Waals surface area contributed by atoms with E-state index in [4.69, 9.17) is 5.73 Å². The Morgan fingerprint density at radius 3 is 2.63 bits per heavy atom. The number of aromatic nitrogens is 1. The largest absolute Gasteiger partial charge is 0.383 e. The van der Waals surface area contributed by atoms with E-state index in [1.54, 1.807) is 0 Å². The molecule has 0 saturated carbocycles. The van der Waals surface area contributed by atoms with E-state index in [2.05, 4.69) is 89.6 Å². The van der Waals surface area contributed by atoms with E-state index in [0.29, 0.717) is 11.9 Å². The molecular weight excluding hydrogens is 368 g/mol. The third kappa shape index (κ3) is 6.74. The van der Waals surface area contributed by atoms with Crippen LogP contribution in [0.4, 0.5) is 0 Å². The summed E-state index contributed by atoms with van der Waals surface area (Å²) in [6, 6.07) is 10.9. The number of nitrogens with one attached hydrogen (secondary N) is 1. The van der Waals surface area contributed by atoms with Crippen molar-refractivity contribution in [3.05, 3.63) is 70.4 Å². The summed E-state index contributed by atoms with van der Waals surface area (Å²) in [6.07, 6.45) is 14.3. The van der Waals surface area contributed by atoms with Crippen molar-refractivity contribution in [2.24, 2.45) is 10.7 Å². The predicted molar refractivity (Wildman–Crippen MR) is 131 cm³/mol. The molecule has 0 radical (unpaired) electrons. The summed E-state index contributed by atoms with van der Waals surface area (Å²) >= 11 is 0. The van der Waals surface area contributed by atoms with Gasteiger partial charge in [0.2, 0.25) is 0 Å². The number of unbranched alkanes of at least 4 members (excludes halogenated alkanes) is 1. The van der Waals surface area contributed by atoms with Gasteiger partial charge in [0.25, 0.3) is 0 Å². The van der Waals surface area contributed by atoms with E-state index in [-0.39, 0.29) is 0 Å². The molecule has 162 valence electrons. The van der Waals surface area contributed by atoms with Crippen LogP contribution in [0.25, 0.3) is 12.2 Å². The Morgan fingerprint density at radius 2 is 2.00 bits per heavy atom. The number of hydrogen-bond donors (Lipinski definition) is 2. The van der Waals surface area contributed by atoms with Gasteiger partial charge in [0, 0.05) is 30.2 Å². The normalized spacial score (nSPS) is 18.1. The number of nitrogens with zero attached hydrogens (tertiary/aromatic N) is 2. The van der Waals surface area contributed by atoms with Crippen LogP contribution < -0.4 is 21.6 Å². The Kier molecular flexibility index (Phi) is 10.2.